The van der Waals surface area contributed by atoms with Crippen molar-refractivity contribution in [3.63, 3.8) is 0 Å². The van der Waals surface area contributed by atoms with Crippen molar-refractivity contribution in [2.45, 2.75) is 19.9 Å². The molecule has 4 heterocycles. The Morgan fingerprint density at radius 3 is 2.82 bits per heavy atom. The molecule has 116 valence electrons. The summed E-state index contributed by atoms with van der Waals surface area (Å²) in [7, 11) is 1.98. The Morgan fingerprint density at radius 2 is 2.09 bits per heavy atom. The first-order valence-electron chi connectivity index (χ1n) is 8.00. The minimum Gasteiger partial charge on any atom is -0.355 e. The lowest BCUT2D eigenvalue weighted by Gasteiger charge is -2.49. The number of hydrogen-bond donors (Lipinski definition) is 0. The number of likely N-dealkylation sites (tertiary alicyclic amines) is 1. The van der Waals surface area contributed by atoms with Crippen molar-refractivity contribution < 1.29 is 0 Å². The summed E-state index contributed by atoms with van der Waals surface area (Å²) < 4.78 is 1.88. The molecule has 0 aliphatic carbocycles. The van der Waals surface area contributed by atoms with Crippen LogP contribution in [0.2, 0.25) is 0 Å². The van der Waals surface area contributed by atoms with Crippen LogP contribution in [-0.2, 0) is 13.6 Å². The normalized spacial score (nSPS) is 20.5. The summed E-state index contributed by atoms with van der Waals surface area (Å²) in [5.41, 5.74) is 2.90. The lowest BCUT2D eigenvalue weighted by Crippen LogP contribution is -2.58. The van der Waals surface area contributed by atoms with Crippen molar-refractivity contribution >= 4 is 5.82 Å². The highest BCUT2D eigenvalue weighted by Crippen LogP contribution is 2.41. The van der Waals surface area contributed by atoms with Gasteiger partial charge in [0.1, 0.15) is 5.82 Å². The zero-order valence-corrected chi connectivity index (χ0v) is 13.4. The van der Waals surface area contributed by atoms with Gasteiger partial charge in [-0.2, -0.15) is 5.10 Å². The molecule has 2 fully saturated rings. The van der Waals surface area contributed by atoms with E-state index in [9.17, 15) is 0 Å². The maximum atomic E-state index is 4.64. The van der Waals surface area contributed by atoms with Crippen LogP contribution in [-0.4, -0.2) is 45.8 Å². The molecule has 0 unspecified atom stereocenters. The van der Waals surface area contributed by atoms with Gasteiger partial charge in [-0.15, -0.1) is 0 Å². The number of aromatic nitrogens is 3. The van der Waals surface area contributed by atoms with E-state index < -0.39 is 0 Å². The highest BCUT2D eigenvalue weighted by molar-refractivity contribution is 5.44. The summed E-state index contributed by atoms with van der Waals surface area (Å²) in [5, 5.41) is 4.26. The maximum absolute atomic E-state index is 4.64. The predicted molar refractivity (Wildman–Crippen MR) is 86.7 cm³/mol. The molecule has 1 spiro atoms. The Labute approximate surface area is 131 Å². The number of nitrogens with zero attached hydrogens (tertiary/aromatic N) is 5. The first-order chi connectivity index (χ1) is 10.6. The van der Waals surface area contributed by atoms with E-state index in [2.05, 4.69) is 51.2 Å². The summed E-state index contributed by atoms with van der Waals surface area (Å²) in [4.78, 5) is 9.63. The highest BCUT2D eigenvalue weighted by Gasteiger charge is 2.47. The average Bonchev–Trinajstić information content (AvgIpc) is 3.04. The minimum absolute atomic E-state index is 0.480. The minimum atomic E-state index is 0.480. The van der Waals surface area contributed by atoms with Gasteiger partial charge in [-0.25, -0.2) is 4.98 Å². The van der Waals surface area contributed by atoms with Crippen molar-refractivity contribution in [1.29, 1.82) is 0 Å². The molecular formula is C17H23N5. The fraction of sp³-hybridized carbons (Fsp3) is 0.529. The van der Waals surface area contributed by atoms with Gasteiger partial charge >= 0.3 is 0 Å². The number of anilines is 1. The molecule has 0 radical (unpaired) electrons. The second-order valence-electron chi connectivity index (χ2n) is 6.98. The number of hydrogen-bond acceptors (Lipinski definition) is 4. The molecule has 0 aromatic carbocycles. The van der Waals surface area contributed by atoms with E-state index in [0.717, 1.165) is 31.1 Å². The van der Waals surface area contributed by atoms with Crippen LogP contribution in [0, 0.1) is 12.3 Å². The van der Waals surface area contributed by atoms with Gasteiger partial charge in [-0.3, -0.25) is 9.58 Å². The van der Waals surface area contributed by atoms with Gasteiger partial charge in [-0.05, 0) is 32.0 Å². The second-order valence-corrected chi connectivity index (χ2v) is 6.98. The molecule has 2 aliphatic heterocycles. The molecule has 0 amide bonds. The predicted octanol–water partition coefficient (Wildman–Crippen LogP) is 1.84. The molecule has 2 aliphatic rings. The molecule has 22 heavy (non-hydrogen) atoms. The molecule has 2 aromatic heterocycles. The van der Waals surface area contributed by atoms with E-state index in [0.29, 0.717) is 5.41 Å². The van der Waals surface area contributed by atoms with Crippen LogP contribution in [0.5, 0.6) is 0 Å². The molecule has 2 aromatic rings. The first kappa shape index (κ1) is 13.8. The molecule has 0 saturated carbocycles. The van der Waals surface area contributed by atoms with Crippen LogP contribution in [0.25, 0.3) is 0 Å². The summed E-state index contributed by atoms with van der Waals surface area (Å²) in [6, 6.07) is 6.29. The third-order valence-electron chi connectivity index (χ3n) is 4.93. The van der Waals surface area contributed by atoms with Crippen molar-refractivity contribution in [3.8, 4) is 0 Å². The van der Waals surface area contributed by atoms with Gasteiger partial charge in [0.05, 0.1) is 6.20 Å². The molecule has 0 N–H and O–H groups in total. The number of rotatable bonds is 3. The summed E-state index contributed by atoms with van der Waals surface area (Å²) in [5.74, 6) is 1.14. The summed E-state index contributed by atoms with van der Waals surface area (Å²) in [6.07, 6.45) is 5.40. The van der Waals surface area contributed by atoms with Crippen LogP contribution < -0.4 is 4.90 Å². The lowest BCUT2D eigenvalue weighted by atomic mass is 9.79. The maximum Gasteiger partial charge on any atom is 0.128 e. The molecule has 2 saturated heterocycles. The van der Waals surface area contributed by atoms with E-state index in [1.165, 1.54) is 25.1 Å². The monoisotopic (exact) mass is 297 g/mol. The lowest BCUT2D eigenvalue weighted by molar-refractivity contribution is 0.201. The van der Waals surface area contributed by atoms with E-state index in [-0.39, 0.29) is 0 Å². The SMILES string of the molecule is Cc1cccc(N2CC3(CCN(Cc4cnn(C)c4)C3)C2)n1. The molecule has 4 rings (SSSR count). The zero-order valence-electron chi connectivity index (χ0n) is 13.4. The van der Waals surface area contributed by atoms with Gasteiger partial charge in [0, 0.05) is 56.1 Å². The largest absolute Gasteiger partial charge is 0.355 e. The van der Waals surface area contributed by atoms with Crippen molar-refractivity contribution in [2.24, 2.45) is 12.5 Å². The van der Waals surface area contributed by atoms with E-state index in [4.69, 9.17) is 0 Å². The van der Waals surface area contributed by atoms with Gasteiger partial charge in [0.15, 0.2) is 0 Å². The Balaban J connectivity index is 1.36. The number of aryl methyl sites for hydroxylation is 2. The molecule has 5 nitrogen and oxygen atoms in total. The van der Waals surface area contributed by atoms with Crippen LogP contribution in [0.3, 0.4) is 0 Å². The molecule has 5 heteroatoms. The van der Waals surface area contributed by atoms with Gasteiger partial charge in [0.25, 0.3) is 0 Å². The van der Waals surface area contributed by atoms with Crippen LogP contribution in [0.1, 0.15) is 17.7 Å². The van der Waals surface area contributed by atoms with E-state index in [1.54, 1.807) is 0 Å². The summed E-state index contributed by atoms with van der Waals surface area (Å²) >= 11 is 0. The van der Waals surface area contributed by atoms with E-state index >= 15 is 0 Å². The van der Waals surface area contributed by atoms with Crippen molar-refractivity contribution in [1.82, 2.24) is 19.7 Å². The average molecular weight is 297 g/mol. The Bertz CT molecular complexity index is 671. The molecule has 0 bridgehead atoms. The van der Waals surface area contributed by atoms with Gasteiger partial charge in [0.2, 0.25) is 0 Å². The highest BCUT2D eigenvalue weighted by atomic mass is 15.3. The number of pyridine rings is 1. The van der Waals surface area contributed by atoms with Crippen LogP contribution in [0.15, 0.2) is 30.6 Å². The van der Waals surface area contributed by atoms with Crippen molar-refractivity contribution in [2.75, 3.05) is 31.1 Å². The standard InChI is InChI=1S/C17H23N5/c1-14-4-3-5-16(19-14)22-12-17(13-22)6-7-21(11-17)10-15-8-18-20(2)9-15/h3-5,8-9H,6-7,10-13H2,1-2H3. The van der Waals surface area contributed by atoms with Crippen LogP contribution >= 0.6 is 0 Å². The second kappa shape index (κ2) is 5.09. The Hall–Kier alpha value is -1.88. The smallest absolute Gasteiger partial charge is 0.128 e. The van der Waals surface area contributed by atoms with E-state index in [1.807, 2.05) is 17.9 Å². The quantitative estimate of drug-likeness (QED) is 0.866. The van der Waals surface area contributed by atoms with Gasteiger partial charge < -0.3 is 4.90 Å². The Kier molecular flexibility index (Phi) is 3.18. The fourth-order valence-corrected chi connectivity index (χ4v) is 3.86. The van der Waals surface area contributed by atoms with Crippen molar-refractivity contribution in [3.05, 3.63) is 41.9 Å². The topological polar surface area (TPSA) is 37.2 Å². The van der Waals surface area contributed by atoms with Gasteiger partial charge in [-0.1, -0.05) is 6.07 Å². The summed E-state index contributed by atoms with van der Waals surface area (Å²) in [6.45, 7) is 7.77. The zero-order chi connectivity index (χ0) is 15.2. The first-order valence-corrected chi connectivity index (χ1v) is 8.00. The third-order valence-corrected chi connectivity index (χ3v) is 4.93. The van der Waals surface area contributed by atoms with Crippen LogP contribution in [0.4, 0.5) is 5.82 Å². The third kappa shape index (κ3) is 2.50. The molecular weight excluding hydrogens is 274 g/mol. The fourth-order valence-electron chi connectivity index (χ4n) is 3.86. The molecule has 0 atom stereocenters. The Morgan fingerprint density at radius 1 is 1.23 bits per heavy atom.